The van der Waals surface area contributed by atoms with E-state index in [0.717, 1.165) is 26.5 Å². The van der Waals surface area contributed by atoms with Crippen LogP contribution in [0.25, 0.3) is 10.9 Å². The van der Waals surface area contributed by atoms with E-state index in [-0.39, 0.29) is 11.2 Å². The summed E-state index contributed by atoms with van der Waals surface area (Å²) < 4.78 is 0. The Morgan fingerprint density at radius 2 is 1.96 bits per heavy atom. The van der Waals surface area contributed by atoms with Gasteiger partial charge in [-0.3, -0.25) is 4.79 Å². The first-order chi connectivity index (χ1) is 11.4. The summed E-state index contributed by atoms with van der Waals surface area (Å²) in [6.07, 6.45) is 0. The van der Waals surface area contributed by atoms with Gasteiger partial charge in [-0.1, -0.05) is 30.0 Å². The predicted molar refractivity (Wildman–Crippen MR) is 102 cm³/mol. The lowest BCUT2D eigenvalue weighted by Gasteiger charge is -2.11. The van der Waals surface area contributed by atoms with Crippen LogP contribution in [0.1, 0.15) is 23.1 Å². The quantitative estimate of drug-likeness (QED) is 0.686. The number of hydrogen-bond donors (Lipinski definition) is 1. The number of nitrogens with one attached hydrogen (secondary N) is 1. The molecule has 0 aliphatic carbocycles. The van der Waals surface area contributed by atoms with Gasteiger partial charge >= 0.3 is 0 Å². The molecule has 0 bridgehead atoms. The molecule has 2 heterocycles. The summed E-state index contributed by atoms with van der Waals surface area (Å²) in [6.45, 7) is 7.91. The SMILES string of the molecule is Cc1nc(NC(=O)C(C)Sc2cc(C)c3ccccc3n2)sc1C. The summed E-state index contributed by atoms with van der Waals surface area (Å²) in [6, 6.07) is 10.1. The maximum Gasteiger partial charge on any atom is 0.239 e. The highest BCUT2D eigenvalue weighted by Gasteiger charge is 2.17. The van der Waals surface area contributed by atoms with Gasteiger partial charge in [0.2, 0.25) is 5.91 Å². The highest BCUT2D eigenvalue weighted by atomic mass is 32.2. The first-order valence-electron chi connectivity index (χ1n) is 7.72. The number of para-hydroxylation sites is 1. The van der Waals surface area contributed by atoms with E-state index < -0.39 is 0 Å². The molecule has 0 saturated heterocycles. The molecule has 3 aromatic rings. The van der Waals surface area contributed by atoms with Gasteiger partial charge in [-0.05, 0) is 45.4 Å². The average molecular weight is 358 g/mol. The van der Waals surface area contributed by atoms with E-state index >= 15 is 0 Å². The highest BCUT2D eigenvalue weighted by molar-refractivity contribution is 8.00. The molecule has 1 N–H and O–H groups in total. The summed E-state index contributed by atoms with van der Waals surface area (Å²) in [5.41, 5.74) is 3.09. The van der Waals surface area contributed by atoms with E-state index in [2.05, 4.69) is 28.3 Å². The molecule has 0 radical (unpaired) electrons. The van der Waals surface area contributed by atoms with Gasteiger partial charge in [-0.2, -0.15) is 0 Å². The maximum atomic E-state index is 12.4. The number of amides is 1. The number of carbonyl (C=O) groups excluding carboxylic acids is 1. The van der Waals surface area contributed by atoms with Crippen molar-refractivity contribution in [3.63, 3.8) is 0 Å². The molecule has 2 aromatic heterocycles. The van der Waals surface area contributed by atoms with Crippen LogP contribution in [0, 0.1) is 20.8 Å². The number of anilines is 1. The van der Waals surface area contributed by atoms with Crippen molar-refractivity contribution >= 4 is 45.0 Å². The third-order valence-corrected chi connectivity index (χ3v) is 5.83. The molecule has 124 valence electrons. The van der Waals surface area contributed by atoms with Crippen molar-refractivity contribution in [1.29, 1.82) is 0 Å². The van der Waals surface area contributed by atoms with Gasteiger partial charge in [0, 0.05) is 10.3 Å². The zero-order valence-electron chi connectivity index (χ0n) is 14.1. The molecule has 24 heavy (non-hydrogen) atoms. The molecule has 6 heteroatoms. The number of aryl methyl sites for hydroxylation is 3. The minimum atomic E-state index is -0.248. The molecule has 0 fully saturated rings. The summed E-state index contributed by atoms with van der Waals surface area (Å²) in [4.78, 5) is 22.5. The fourth-order valence-electron chi connectivity index (χ4n) is 2.35. The van der Waals surface area contributed by atoms with Gasteiger partial charge in [0.15, 0.2) is 5.13 Å². The van der Waals surface area contributed by atoms with E-state index in [4.69, 9.17) is 0 Å². The molecule has 1 atom stereocenters. The third-order valence-electron chi connectivity index (χ3n) is 3.82. The number of rotatable bonds is 4. The molecule has 0 aliphatic heterocycles. The smallest absolute Gasteiger partial charge is 0.239 e. The molecule has 3 rings (SSSR count). The lowest BCUT2D eigenvalue weighted by molar-refractivity contribution is -0.115. The number of thioether (sulfide) groups is 1. The standard InChI is InChI=1S/C18H19N3OS2/c1-10-9-16(20-15-8-6-5-7-14(10)15)23-13(4)17(22)21-18-19-11(2)12(3)24-18/h5-9,13H,1-4H3,(H,19,21,22). The molecule has 0 spiro atoms. The van der Waals surface area contributed by atoms with Crippen LogP contribution in [-0.4, -0.2) is 21.1 Å². The van der Waals surface area contributed by atoms with Gasteiger partial charge in [0.25, 0.3) is 0 Å². The van der Waals surface area contributed by atoms with Crippen molar-refractivity contribution in [2.75, 3.05) is 5.32 Å². The molecular weight excluding hydrogens is 338 g/mol. The molecule has 1 unspecified atom stereocenters. The van der Waals surface area contributed by atoms with Crippen molar-refractivity contribution in [1.82, 2.24) is 9.97 Å². The number of benzene rings is 1. The van der Waals surface area contributed by atoms with Crippen LogP contribution in [0.5, 0.6) is 0 Å². The van der Waals surface area contributed by atoms with Gasteiger partial charge in [-0.15, -0.1) is 11.3 Å². The van der Waals surface area contributed by atoms with Crippen molar-refractivity contribution < 1.29 is 4.79 Å². The number of aromatic nitrogens is 2. The topological polar surface area (TPSA) is 54.9 Å². The van der Waals surface area contributed by atoms with Gasteiger partial charge in [0.05, 0.1) is 21.5 Å². The Morgan fingerprint density at radius 1 is 1.21 bits per heavy atom. The Bertz CT molecular complexity index is 885. The van der Waals surface area contributed by atoms with Crippen LogP contribution < -0.4 is 5.32 Å². The Balaban J connectivity index is 1.74. The summed E-state index contributed by atoms with van der Waals surface area (Å²) in [5.74, 6) is -0.0543. The molecule has 0 saturated carbocycles. The monoisotopic (exact) mass is 357 g/mol. The summed E-state index contributed by atoms with van der Waals surface area (Å²) in [5, 5.41) is 5.31. The van der Waals surface area contributed by atoms with Crippen molar-refractivity contribution in [2.45, 2.75) is 38.0 Å². The number of hydrogen-bond acceptors (Lipinski definition) is 5. The largest absolute Gasteiger partial charge is 0.301 e. The predicted octanol–water partition coefficient (Wildman–Crippen LogP) is 4.74. The van der Waals surface area contributed by atoms with Crippen LogP contribution in [0.15, 0.2) is 35.4 Å². The van der Waals surface area contributed by atoms with Gasteiger partial charge in [-0.25, -0.2) is 9.97 Å². The van der Waals surface area contributed by atoms with E-state index in [1.54, 1.807) is 0 Å². The lowest BCUT2D eigenvalue weighted by atomic mass is 10.1. The molecule has 0 aliphatic rings. The van der Waals surface area contributed by atoms with Crippen LogP contribution in [0.2, 0.25) is 0 Å². The first-order valence-corrected chi connectivity index (χ1v) is 9.41. The number of nitrogens with zero attached hydrogens (tertiary/aromatic N) is 2. The number of carbonyl (C=O) groups is 1. The lowest BCUT2D eigenvalue weighted by Crippen LogP contribution is -2.22. The molecule has 4 nitrogen and oxygen atoms in total. The van der Waals surface area contributed by atoms with Crippen molar-refractivity contribution in [2.24, 2.45) is 0 Å². The Morgan fingerprint density at radius 3 is 2.67 bits per heavy atom. The van der Waals surface area contributed by atoms with Crippen LogP contribution in [0.3, 0.4) is 0 Å². The minimum absolute atomic E-state index is 0.0543. The Kier molecular flexibility index (Phi) is 4.87. The second-order valence-electron chi connectivity index (χ2n) is 5.70. The van der Waals surface area contributed by atoms with E-state index in [1.807, 2.05) is 45.0 Å². The maximum absolute atomic E-state index is 12.4. The van der Waals surface area contributed by atoms with Crippen LogP contribution in [-0.2, 0) is 4.79 Å². The van der Waals surface area contributed by atoms with E-state index in [1.165, 1.54) is 28.7 Å². The molecular formula is C18H19N3OS2. The number of pyridine rings is 1. The summed E-state index contributed by atoms with van der Waals surface area (Å²) in [7, 11) is 0. The Hall–Kier alpha value is -1.92. The zero-order chi connectivity index (χ0) is 17.3. The first kappa shape index (κ1) is 16.9. The van der Waals surface area contributed by atoms with Crippen LogP contribution >= 0.6 is 23.1 Å². The number of fused-ring (bicyclic) bond motifs is 1. The van der Waals surface area contributed by atoms with Gasteiger partial charge in [0.1, 0.15) is 0 Å². The zero-order valence-corrected chi connectivity index (χ0v) is 15.7. The molecule has 1 aromatic carbocycles. The third kappa shape index (κ3) is 3.60. The normalized spacial score (nSPS) is 12.3. The Labute approximate surface area is 149 Å². The number of thiazole rings is 1. The summed E-state index contributed by atoms with van der Waals surface area (Å²) >= 11 is 2.97. The second-order valence-corrected chi connectivity index (χ2v) is 8.27. The van der Waals surface area contributed by atoms with Crippen LogP contribution in [0.4, 0.5) is 5.13 Å². The minimum Gasteiger partial charge on any atom is -0.301 e. The van der Waals surface area contributed by atoms with Crippen molar-refractivity contribution in [3.8, 4) is 0 Å². The second kappa shape index (κ2) is 6.91. The van der Waals surface area contributed by atoms with E-state index in [9.17, 15) is 4.79 Å². The average Bonchev–Trinajstić information content (AvgIpc) is 2.85. The highest BCUT2D eigenvalue weighted by Crippen LogP contribution is 2.28. The fourth-order valence-corrected chi connectivity index (χ4v) is 4.09. The van der Waals surface area contributed by atoms with Gasteiger partial charge < -0.3 is 5.32 Å². The van der Waals surface area contributed by atoms with E-state index in [0.29, 0.717) is 5.13 Å². The fraction of sp³-hybridized carbons (Fsp3) is 0.278. The van der Waals surface area contributed by atoms with Crippen molar-refractivity contribution in [3.05, 3.63) is 46.5 Å². The molecule has 1 amide bonds.